The van der Waals surface area contributed by atoms with Gasteiger partial charge in [0, 0.05) is 13.2 Å². The largest absolute Gasteiger partial charge is 0.396 e. The van der Waals surface area contributed by atoms with E-state index in [4.69, 9.17) is 5.11 Å². The first-order chi connectivity index (χ1) is 6.78. The van der Waals surface area contributed by atoms with Gasteiger partial charge in [0.1, 0.15) is 0 Å². The highest BCUT2D eigenvalue weighted by molar-refractivity contribution is 7.80. The van der Waals surface area contributed by atoms with Gasteiger partial charge in [0.2, 0.25) is 0 Å². The van der Waals surface area contributed by atoms with Crippen LogP contribution in [0, 0.1) is 11.3 Å². The van der Waals surface area contributed by atoms with Crippen molar-refractivity contribution in [2.24, 2.45) is 11.3 Å². The van der Waals surface area contributed by atoms with Crippen molar-refractivity contribution in [2.45, 2.75) is 25.7 Å². The quantitative estimate of drug-likeness (QED) is 0.693. The van der Waals surface area contributed by atoms with Crippen LogP contribution in [-0.4, -0.2) is 42.0 Å². The second-order valence-corrected chi connectivity index (χ2v) is 5.38. The monoisotopic (exact) mass is 215 g/mol. The number of piperidine rings is 1. The summed E-state index contributed by atoms with van der Waals surface area (Å²) in [6.45, 7) is 3.99. The zero-order chi connectivity index (χ0) is 10.0. The fraction of sp³-hybridized carbons (Fsp3) is 1.00. The van der Waals surface area contributed by atoms with Crippen molar-refractivity contribution < 1.29 is 5.11 Å². The normalized spacial score (nSPS) is 27.9. The molecule has 1 aliphatic carbocycles. The van der Waals surface area contributed by atoms with Crippen LogP contribution in [0.5, 0.6) is 0 Å². The molecule has 0 aromatic rings. The fourth-order valence-corrected chi connectivity index (χ4v) is 2.76. The number of rotatable bonds is 4. The molecule has 0 unspecified atom stereocenters. The highest BCUT2D eigenvalue weighted by atomic mass is 32.1. The third-order valence-electron chi connectivity index (χ3n) is 3.82. The van der Waals surface area contributed by atoms with Gasteiger partial charge in [0.05, 0.1) is 0 Å². The van der Waals surface area contributed by atoms with Crippen molar-refractivity contribution in [3.8, 4) is 0 Å². The van der Waals surface area contributed by atoms with E-state index in [-0.39, 0.29) is 0 Å². The third kappa shape index (κ3) is 2.44. The summed E-state index contributed by atoms with van der Waals surface area (Å²) in [5, 5.41) is 9.04. The summed E-state index contributed by atoms with van der Waals surface area (Å²) in [6, 6.07) is 0. The minimum absolute atomic E-state index is 0.381. The van der Waals surface area contributed by atoms with E-state index in [1.807, 2.05) is 0 Å². The molecule has 2 aliphatic rings. The van der Waals surface area contributed by atoms with Crippen LogP contribution in [0.4, 0.5) is 0 Å². The molecule has 3 heteroatoms. The summed E-state index contributed by atoms with van der Waals surface area (Å²) in [6.07, 6.45) is 5.10. The molecule has 2 nitrogen and oxygen atoms in total. The van der Waals surface area contributed by atoms with Gasteiger partial charge in [-0.3, -0.25) is 0 Å². The Morgan fingerprint density at radius 3 is 2.36 bits per heavy atom. The first-order valence-corrected chi connectivity index (χ1v) is 6.35. The van der Waals surface area contributed by atoms with Crippen LogP contribution in [0.3, 0.4) is 0 Å². The average molecular weight is 215 g/mol. The lowest BCUT2D eigenvalue weighted by atomic mass is 9.96. The van der Waals surface area contributed by atoms with Crippen molar-refractivity contribution in [3.05, 3.63) is 0 Å². The van der Waals surface area contributed by atoms with Crippen molar-refractivity contribution in [1.29, 1.82) is 0 Å². The molecule has 0 radical (unpaired) electrons. The van der Waals surface area contributed by atoms with E-state index in [1.54, 1.807) is 0 Å². The number of nitrogens with zero attached hydrogens (tertiary/aromatic N) is 1. The van der Waals surface area contributed by atoms with Gasteiger partial charge in [-0.25, -0.2) is 0 Å². The van der Waals surface area contributed by atoms with Crippen LogP contribution in [0.2, 0.25) is 0 Å². The van der Waals surface area contributed by atoms with E-state index in [1.165, 1.54) is 45.3 Å². The molecule has 2 rings (SSSR count). The standard InChI is InChI=1S/C11H21NOS/c13-7-10-1-5-12(6-2-10)8-11(9-14)3-4-11/h10,13-14H,1-9H2. The molecule has 1 saturated heterocycles. The van der Waals surface area contributed by atoms with Crippen LogP contribution < -0.4 is 0 Å². The summed E-state index contributed by atoms with van der Waals surface area (Å²) in [4.78, 5) is 2.56. The zero-order valence-electron chi connectivity index (χ0n) is 8.78. The molecule has 1 aliphatic heterocycles. The maximum Gasteiger partial charge on any atom is 0.0460 e. The molecule has 1 saturated carbocycles. The topological polar surface area (TPSA) is 23.5 Å². The van der Waals surface area contributed by atoms with Crippen LogP contribution in [0.25, 0.3) is 0 Å². The molecule has 82 valence electrons. The number of aliphatic hydroxyl groups excluding tert-OH is 1. The van der Waals surface area contributed by atoms with Crippen molar-refractivity contribution in [3.63, 3.8) is 0 Å². The summed E-state index contributed by atoms with van der Waals surface area (Å²) in [7, 11) is 0. The highest BCUT2D eigenvalue weighted by Crippen LogP contribution is 2.47. The lowest BCUT2D eigenvalue weighted by Crippen LogP contribution is -2.38. The summed E-state index contributed by atoms with van der Waals surface area (Å²) >= 11 is 4.43. The van der Waals surface area contributed by atoms with Gasteiger partial charge in [-0.15, -0.1) is 0 Å². The maximum atomic E-state index is 9.04. The SMILES string of the molecule is OCC1CCN(CC2(CS)CC2)CC1. The van der Waals surface area contributed by atoms with Crippen molar-refractivity contribution in [2.75, 3.05) is 32.0 Å². The molecule has 1 N–H and O–H groups in total. The summed E-state index contributed by atoms with van der Waals surface area (Å²) in [5.74, 6) is 1.62. The Morgan fingerprint density at radius 1 is 1.29 bits per heavy atom. The molecule has 2 fully saturated rings. The Labute approximate surface area is 92.1 Å². The molecular weight excluding hydrogens is 194 g/mol. The minimum Gasteiger partial charge on any atom is -0.396 e. The van der Waals surface area contributed by atoms with Crippen molar-refractivity contribution in [1.82, 2.24) is 4.90 Å². The van der Waals surface area contributed by atoms with Gasteiger partial charge in [-0.2, -0.15) is 12.6 Å². The molecule has 0 atom stereocenters. The fourth-order valence-electron chi connectivity index (χ4n) is 2.34. The Balaban J connectivity index is 1.73. The van der Waals surface area contributed by atoms with Gasteiger partial charge in [0.25, 0.3) is 0 Å². The lowest BCUT2D eigenvalue weighted by molar-refractivity contribution is 0.119. The molecule has 1 heterocycles. The smallest absolute Gasteiger partial charge is 0.0460 e. The predicted molar refractivity (Wildman–Crippen MR) is 61.8 cm³/mol. The van der Waals surface area contributed by atoms with Gasteiger partial charge >= 0.3 is 0 Å². The van der Waals surface area contributed by atoms with Crippen molar-refractivity contribution >= 4 is 12.6 Å². The number of thiol groups is 1. The Kier molecular flexibility index (Phi) is 3.40. The lowest BCUT2D eigenvalue weighted by Gasteiger charge is -2.33. The first kappa shape index (κ1) is 10.8. The second kappa shape index (κ2) is 4.42. The molecular formula is C11H21NOS. The van der Waals surface area contributed by atoms with E-state index < -0.39 is 0 Å². The van der Waals surface area contributed by atoms with Gasteiger partial charge in [-0.05, 0) is 55.9 Å². The Hall–Kier alpha value is 0.270. The number of aliphatic hydroxyl groups is 1. The van der Waals surface area contributed by atoms with Gasteiger partial charge < -0.3 is 10.0 Å². The molecule has 0 amide bonds. The maximum absolute atomic E-state index is 9.04. The zero-order valence-corrected chi connectivity index (χ0v) is 9.68. The summed E-state index contributed by atoms with van der Waals surface area (Å²) in [5.41, 5.74) is 0.565. The van der Waals surface area contributed by atoms with Crippen LogP contribution in [0.1, 0.15) is 25.7 Å². The van der Waals surface area contributed by atoms with E-state index in [9.17, 15) is 0 Å². The van der Waals surface area contributed by atoms with E-state index in [0.717, 1.165) is 5.75 Å². The molecule has 0 aromatic heterocycles. The second-order valence-electron chi connectivity index (χ2n) is 5.06. The van der Waals surface area contributed by atoms with Crippen LogP contribution in [-0.2, 0) is 0 Å². The number of likely N-dealkylation sites (tertiary alicyclic amines) is 1. The predicted octanol–water partition coefficient (Wildman–Crippen LogP) is 1.40. The van der Waals surface area contributed by atoms with E-state index >= 15 is 0 Å². The molecule has 0 spiro atoms. The average Bonchev–Trinajstić information content (AvgIpc) is 3.00. The molecule has 14 heavy (non-hydrogen) atoms. The van der Waals surface area contributed by atoms with Crippen LogP contribution >= 0.6 is 12.6 Å². The number of hydrogen-bond acceptors (Lipinski definition) is 3. The van der Waals surface area contributed by atoms with Gasteiger partial charge in [-0.1, -0.05) is 0 Å². The summed E-state index contributed by atoms with van der Waals surface area (Å²) < 4.78 is 0. The van der Waals surface area contributed by atoms with E-state index in [0.29, 0.717) is 17.9 Å². The highest BCUT2D eigenvalue weighted by Gasteiger charge is 2.42. The van der Waals surface area contributed by atoms with Gasteiger partial charge in [0.15, 0.2) is 0 Å². The number of hydrogen-bond donors (Lipinski definition) is 2. The van der Waals surface area contributed by atoms with E-state index in [2.05, 4.69) is 17.5 Å². The van der Waals surface area contributed by atoms with Crippen LogP contribution in [0.15, 0.2) is 0 Å². The molecule has 0 bridgehead atoms. The molecule has 0 aromatic carbocycles. The Bertz CT molecular complexity index is 186. The third-order valence-corrected chi connectivity index (χ3v) is 4.49. The Morgan fingerprint density at radius 2 is 1.93 bits per heavy atom. The first-order valence-electron chi connectivity index (χ1n) is 5.72. The minimum atomic E-state index is 0.381.